The van der Waals surface area contributed by atoms with Crippen molar-refractivity contribution in [2.75, 3.05) is 0 Å². The monoisotopic (exact) mass is 254 g/mol. The lowest BCUT2D eigenvalue weighted by Gasteiger charge is -2.14. The Morgan fingerprint density at radius 1 is 1.35 bits per heavy atom. The fourth-order valence-corrected chi connectivity index (χ4v) is 3.00. The minimum Gasteiger partial charge on any atom is -0.308 e. The Bertz CT molecular complexity index is 380. The lowest BCUT2D eigenvalue weighted by Crippen LogP contribution is -2.10. The number of benzene rings is 1. The minimum absolute atomic E-state index is 0.00478. The smallest absolute Gasteiger partial charge is 0.308 e. The average molecular weight is 254 g/mol. The van der Waals surface area contributed by atoms with E-state index in [0.29, 0.717) is 0 Å². The summed E-state index contributed by atoms with van der Waals surface area (Å²) in [5, 5.41) is 0. The van der Waals surface area contributed by atoms with Crippen molar-refractivity contribution in [2.45, 2.75) is 45.3 Å². The van der Waals surface area contributed by atoms with Crippen molar-refractivity contribution >= 4 is 8.25 Å². The predicted octanol–water partition coefficient (Wildman–Crippen LogP) is 3.38. The van der Waals surface area contributed by atoms with Gasteiger partial charge >= 0.3 is 8.25 Å². The third-order valence-corrected chi connectivity index (χ3v) is 4.27. The number of hydrogen-bond donors (Lipinski definition) is 0. The Kier molecular flexibility index (Phi) is 4.38. The first-order valence-corrected chi connectivity index (χ1v) is 7.35. The Labute approximate surface area is 103 Å². The molecule has 1 aliphatic rings. The van der Waals surface area contributed by atoms with Gasteiger partial charge in [-0.1, -0.05) is 31.2 Å². The molecular formula is C13H19O3P. The molecule has 0 bridgehead atoms. The highest BCUT2D eigenvalue weighted by atomic mass is 31.1. The van der Waals surface area contributed by atoms with E-state index in [9.17, 15) is 4.57 Å². The van der Waals surface area contributed by atoms with Crippen molar-refractivity contribution in [3.63, 3.8) is 0 Å². The third kappa shape index (κ3) is 3.41. The standard InChI is InChI=1S/C13H19O3P/c1-3-10(2)15-17(14)16-13-8-11-6-4-5-7-12(11)9-13/h4-7,10,13,17H,3,8-9H2,1-2H3. The van der Waals surface area contributed by atoms with E-state index in [-0.39, 0.29) is 12.2 Å². The van der Waals surface area contributed by atoms with Gasteiger partial charge in [0.25, 0.3) is 0 Å². The van der Waals surface area contributed by atoms with Crippen LogP contribution in [0.15, 0.2) is 24.3 Å². The van der Waals surface area contributed by atoms with Crippen LogP contribution in [0.25, 0.3) is 0 Å². The Hall–Kier alpha value is -0.630. The molecule has 0 N–H and O–H groups in total. The molecule has 0 saturated heterocycles. The molecule has 0 aromatic heterocycles. The maximum Gasteiger partial charge on any atom is 0.319 e. The van der Waals surface area contributed by atoms with Gasteiger partial charge in [0.15, 0.2) is 0 Å². The Morgan fingerprint density at radius 2 is 1.94 bits per heavy atom. The van der Waals surface area contributed by atoms with Crippen LogP contribution >= 0.6 is 8.25 Å². The number of hydrogen-bond acceptors (Lipinski definition) is 3. The zero-order chi connectivity index (χ0) is 12.3. The Morgan fingerprint density at radius 3 is 2.47 bits per heavy atom. The van der Waals surface area contributed by atoms with Gasteiger partial charge in [0, 0.05) is 0 Å². The lowest BCUT2D eigenvalue weighted by molar-refractivity contribution is 0.139. The molecule has 2 atom stereocenters. The summed E-state index contributed by atoms with van der Waals surface area (Å²) in [6.07, 6.45) is 2.56. The molecule has 17 heavy (non-hydrogen) atoms. The molecule has 2 rings (SSSR count). The van der Waals surface area contributed by atoms with Crippen LogP contribution in [-0.2, 0) is 26.5 Å². The van der Waals surface area contributed by atoms with Gasteiger partial charge in [-0.25, -0.2) is 0 Å². The minimum atomic E-state index is -2.35. The van der Waals surface area contributed by atoms with Crippen LogP contribution in [0.2, 0.25) is 0 Å². The van der Waals surface area contributed by atoms with Crippen molar-refractivity contribution in [3.05, 3.63) is 35.4 Å². The van der Waals surface area contributed by atoms with E-state index in [2.05, 4.69) is 12.1 Å². The van der Waals surface area contributed by atoms with Crippen LogP contribution in [0.5, 0.6) is 0 Å². The first-order valence-electron chi connectivity index (χ1n) is 6.13. The summed E-state index contributed by atoms with van der Waals surface area (Å²) >= 11 is 0. The van der Waals surface area contributed by atoms with Crippen LogP contribution in [0.4, 0.5) is 0 Å². The van der Waals surface area contributed by atoms with Crippen molar-refractivity contribution in [1.82, 2.24) is 0 Å². The summed E-state index contributed by atoms with van der Waals surface area (Å²) in [6.45, 7) is 3.92. The summed E-state index contributed by atoms with van der Waals surface area (Å²) in [4.78, 5) is 0. The summed E-state index contributed by atoms with van der Waals surface area (Å²) < 4.78 is 22.4. The van der Waals surface area contributed by atoms with Crippen molar-refractivity contribution < 1.29 is 13.6 Å². The van der Waals surface area contributed by atoms with Gasteiger partial charge in [-0.2, -0.15) is 0 Å². The molecule has 1 aliphatic carbocycles. The molecule has 1 aromatic carbocycles. The molecule has 0 radical (unpaired) electrons. The van der Waals surface area contributed by atoms with E-state index in [1.165, 1.54) is 11.1 Å². The van der Waals surface area contributed by atoms with E-state index in [1.54, 1.807) is 0 Å². The summed E-state index contributed by atoms with van der Waals surface area (Å²) in [6, 6.07) is 8.26. The van der Waals surface area contributed by atoms with E-state index in [0.717, 1.165) is 19.3 Å². The fourth-order valence-electron chi connectivity index (χ4n) is 2.01. The van der Waals surface area contributed by atoms with Gasteiger partial charge in [-0.15, -0.1) is 0 Å². The number of fused-ring (bicyclic) bond motifs is 1. The first kappa shape index (κ1) is 12.8. The molecule has 0 fully saturated rings. The highest BCUT2D eigenvalue weighted by Crippen LogP contribution is 2.34. The van der Waals surface area contributed by atoms with Crippen LogP contribution in [0.1, 0.15) is 31.4 Å². The average Bonchev–Trinajstić information content (AvgIpc) is 2.70. The van der Waals surface area contributed by atoms with Gasteiger partial charge < -0.3 is 9.05 Å². The predicted molar refractivity (Wildman–Crippen MR) is 68.6 cm³/mol. The van der Waals surface area contributed by atoms with Gasteiger partial charge in [-0.3, -0.25) is 4.57 Å². The van der Waals surface area contributed by atoms with Crippen molar-refractivity contribution in [2.24, 2.45) is 0 Å². The van der Waals surface area contributed by atoms with Crippen LogP contribution in [0, 0.1) is 0 Å². The maximum atomic E-state index is 11.7. The van der Waals surface area contributed by atoms with Gasteiger partial charge in [0.1, 0.15) is 0 Å². The van der Waals surface area contributed by atoms with Crippen LogP contribution in [0.3, 0.4) is 0 Å². The normalized spacial score (nSPS) is 18.9. The van der Waals surface area contributed by atoms with Gasteiger partial charge in [0.2, 0.25) is 0 Å². The fraction of sp³-hybridized carbons (Fsp3) is 0.538. The van der Waals surface area contributed by atoms with E-state index in [1.807, 2.05) is 26.0 Å². The Balaban J connectivity index is 1.85. The third-order valence-electron chi connectivity index (χ3n) is 3.15. The first-order chi connectivity index (χ1) is 8.19. The van der Waals surface area contributed by atoms with Crippen molar-refractivity contribution in [1.29, 1.82) is 0 Å². The number of rotatable bonds is 5. The highest BCUT2D eigenvalue weighted by molar-refractivity contribution is 7.33. The van der Waals surface area contributed by atoms with Gasteiger partial charge in [0.05, 0.1) is 12.2 Å². The second-order valence-corrected chi connectivity index (χ2v) is 5.47. The molecule has 1 aromatic rings. The zero-order valence-electron chi connectivity index (χ0n) is 10.3. The molecule has 94 valence electrons. The van der Waals surface area contributed by atoms with Gasteiger partial charge in [-0.05, 0) is 37.3 Å². The second-order valence-electron chi connectivity index (χ2n) is 4.50. The van der Waals surface area contributed by atoms with Crippen LogP contribution in [-0.4, -0.2) is 12.2 Å². The largest absolute Gasteiger partial charge is 0.319 e. The quantitative estimate of drug-likeness (QED) is 0.756. The summed E-state index contributed by atoms with van der Waals surface area (Å²) in [7, 11) is -2.35. The van der Waals surface area contributed by atoms with E-state index < -0.39 is 8.25 Å². The lowest BCUT2D eigenvalue weighted by atomic mass is 10.1. The molecule has 2 unspecified atom stereocenters. The molecular weight excluding hydrogens is 235 g/mol. The topological polar surface area (TPSA) is 35.5 Å². The van der Waals surface area contributed by atoms with Crippen LogP contribution < -0.4 is 0 Å². The molecule has 0 amide bonds. The van der Waals surface area contributed by atoms with E-state index >= 15 is 0 Å². The molecule has 0 saturated carbocycles. The SMILES string of the molecule is CCC(C)O[PH](=O)OC1Cc2ccccc2C1. The molecule has 0 heterocycles. The summed E-state index contributed by atoms with van der Waals surface area (Å²) in [5.41, 5.74) is 2.60. The zero-order valence-corrected chi connectivity index (χ0v) is 11.3. The summed E-state index contributed by atoms with van der Waals surface area (Å²) in [5.74, 6) is 0. The molecule has 3 nitrogen and oxygen atoms in total. The van der Waals surface area contributed by atoms with E-state index in [4.69, 9.17) is 9.05 Å². The second kappa shape index (κ2) is 5.81. The van der Waals surface area contributed by atoms with Crippen molar-refractivity contribution in [3.8, 4) is 0 Å². The molecule has 0 spiro atoms. The highest BCUT2D eigenvalue weighted by Gasteiger charge is 2.23. The molecule has 4 heteroatoms. The maximum absolute atomic E-state index is 11.7. The molecule has 0 aliphatic heterocycles.